The summed E-state index contributed by atoms with van der Waals surface area (Å²) in [5.74, 6) is -1.59. The van der Waals surface area contributed by atoms with Crippen LogP contribution in [0, 0.1) is 18.6 Å². The molecule has 0 amide bonds. The number of nitrogens with zero attached hydrogens (tertiary/aromatic N) is 3. The highest BCUT2D eigenvalue weighted by Gasteiger charge is 2.14. The number of benzene rings is 2. The first kappa shape index (κ1) is 13.2. The molecule has 0 unspecified atom stereocenters. The number of anilines is 1. The summed E-state index contributed by atoms with van der Waals surface area (Å²) in [4.78, 5) is 0. The zero-order chi connectivity index (χ0) is 15.0. The maximum Gasteiger partial charge on any atom is 0.159 e. The molecule has 0 aliphatic heterocycles. The van der Waals surface area contributed by atoms with Gasteiger partial charge in [-0.3, -0.25) is 0 Å². The molecule has 0 spiro atoms. The third kappa shape index (κ3) is 2.35. The Morgan fingerprint density at radius 2 is 1.86 bits per heavy atom. The molecule has 3 rings (SSSR count). The van der Waals surface area contributed by atoms with Gasteiger partial charge in [-0.1, -0.05) is 17.3 Å². The molecule has 0 saturated carbocycles. The van der Waals surface area contributed by atoms with Crippen molar-refractivity contribution in [2.45, 2.75) is 6.92 Å². The van der Waals surface area contributed by atoms with Gasteiger partial charge in [-0.15, -0.1) is 5.10 Å². The highest BCUT2D eigenvalue weighted by atomic mass is 19.2. The van der Waals surface area contributed by atoms with Crippen LogP contribution in [0.1, 0.15) is 5.56 Å². The highest BCUT2D eigenvalue weighted by molar-refractivity contribution is 5.71. The Labute approximate surface area is 119 Å². The number of nitrogen functional groups attached to an aromatic ring is 1. The molecule has 1 heterocycles. The van der Waals surface area contributed by atoms with Crippen molar-refractivity contribution in [1.82, 2.24) is 15.0 Å². The van der Waals surface area contributed by atoms with Crippen molar-refractivity contribution in [3.05, 3.63) is 59.7 Å². The normalized spacial score (nSPS) is 10.8. The largest absolute Gasteiger partial charge is 0.382 e. The minimum Gasteiger partial charge on any atom is -0.382 e. The molecule has 21 heavy (non-hydrogen) atoms. The van der Waals surface area contributed by atoms with Crippen molar-refractivity contribution in [2.75, 3.05) is 5.73 Å². The Morgan fingerprint density at radius 1 is 1.05 bits per heavy atom. The monoisotopic (exact) mass is 286 g/mol. The van der Waals surface area contributed by atoms with Crippen LogP contribution < -0.4 is 5.73 Å². The molecule has 0 saturated heterocycles. The van der Waals surface area contributed by atoms with Crippen molar-refractivity contribution in [1.29, 1.82) is 0 Å². The second-order valence-corrected chi connectivity index (χ2v) is 4.70. The Bertz CT molecular complexity index is 811. The molecular formula is C15H12F2N4. The van der Waals surface area contributed by atoms with Crippen LogP contribution in [0.5, 0.6) is 0 Å². The smallest absolute Gasteiger partial charge is 0.159 e. The SMILES string of the molecule is Cc1cccc(-n2nnc(-c3ccc(F)c(F)c3)c2N)c1. The van der Waals surface area contributed by atoms with E-state index in [1.807, 2.05) is 31.2 Å². The molecule has 4 nitrogen and oxygen atoms in total. The standard InChI is InChI=1S/C15H12F2N4/c1-9-3-2-4-11(7-9)21-15(18)14(19-20-21)10-5-6-12(16)13(17)8-10/h2-8H,18H2,1H3. The van der Waals surface area contributed by atoms with E-state index in [1.54, 1.807) is 0 Å². The van der Waals surface area contributed by atoms with Gasteiger partial charge in [0.2, 0.25) is 0 Å². The molecular weight excluding hydrogens is 274 g/mol. The number of aromatic nitrogens is 3. The lowest BCUT2D eigenvalue weighted by molar-refractivity contribution is 0.509. The van der Waals surface area contributed by atoms with E-state index in [-0.39, 0.29) is 5.82 Å². The fraction of sp³-hybridized carbons (Fsp3) is 0.0667. The summed E-state index contributed by atoms with van der Waals surface area (Å²) >= 11 is 0. The number of nitrogens with two attached hydrogens (primary N) is 1. The predicted molar refractivity (Wildman–Crippen MR) is 75.9 cm³/mol. The van der Waals surface area contributed by atoms with Crippen LogP contribution in [0.2, 0.25) is 0 Å². The van der Waals surface area contributed by atoms with Gasteiger partial charge in [0.15, 0.2) is 17.5 Å². The first-order valence-electron chi connectivity index (χ1n) is 6.30. The van der Waals surface area contributed by atoms with Crippen LogP contribution in [-0.2, 0) is 0 Å². The van der Waals surface area contributed by atoms with Crippen molar-refractivity contribution < 1.29 is 8.78 Å². The first-order valence-corrected chi connectivity index (χ1v) is 6.30. The molecule has 6 heteroatoms. The van der Waals surface area contributed by atoms with Crippen molar-refractivity contribution in [2.24, 2.45) is 0 Å². The number of aryl methyl sites for hydroxylation is 1. The summed E-state index contributed by atoms with van der Waals surface area (Å²) in [7, 11) is 0. The van der Waals surface area contributed by atoms with E-state index in [4.69, 9.17) is 5.73 Å². The van der Waals surface area contributed by atoms with Crippen LogP contribution in [0.25, 0.3) is 16.9 Å². The van der Waals surface area contributed by atoms with Gasteiger partial charge in [-0.05, 0) is 42.8 Å². The minimum atomic E-state index is -0.947. The van der Waals surface area contributed by atoms with Crippen LogP contribution in [-0.4, -0.2) is 15.0 Å². The zero-order valence-corrected chi connectivity index (χ0v) is 11.2. The third-order valence-corrected chi connectivity index (χ3v) is 3.14. The van der Waals surface area contributed by atoms with E-state index in [0.29, 0.717) is 11.3 Å². The van der Waals surface area contributed by atoms with E-state index >= 15 is 0 Å². The number of hydrogen-bond donors (Lipinski definition) is 1. The lowest BCUT2D eigenvalue weighted by Crippen LogP contribution is -2.02. The van der Waals surface area contributed by atoms with E-state index in [1.165, 1.54) is 10.7 Å². The Hall–Kier alpha value is -2.76. The highest BCUT2D eigenvalue weighted by Crippen LogP contribution is 2.26. The predicted octanol–water partition coefficient (Wildman–Crippen LogP) is 3.10. The third-order valence-electron chi connectivity index (χ3n) is 3.14. The molecule has 0 atom stereocenters. The quantitative estimate of drug-likeness (QED) is 0.787. The van der Waals surface area contributed by atoms with Crippen LogP contribution in [0.15, 0.2) is 42.5 Å². The Kier molecular flexibility index (Phi) is 3.13. The van der Waals surface area contributed by atoms with E-state index < -0.39 is 11.6 Å². The van der Waals surface area contributed by atoms with Crippen LogP contribution >= 0.6 is 0 Å². The summed E-state index contributed by atoms with van der Waals surface area (Å²) in [6.07, 6.45) is 0. The average molecular weight is 286 g/mol. The van der Waals surface area contributed by atoms with Gasteiger partial charge < -0.3 is 5.73 Å². The molecule has 0 aliphatic carbocycles. The molecule has 2 aromatic carbocycles. The summed E-state index contributed by atoms with van der Waals surface area (Å²) in [5, 5.41) is 7.94. The maximum absolute atomic E-state index is 13.3. The Balaban J connectivity index is 2.09. The summed E-state index contributed by atoms with van der Waals surface area (Å²) in [6.45, 7) is 1.95. The summed E-state index contributed by atoms with van der Waals surface area (Å²) in [6, 6.07) is 11.1. The Morgan fingerprint density at radius 3 is 2.57 bits per heavy atom. The molecule has 2 N–H and O–H groups in total. The van der Waals surface area contributed by atoms with E-state index in [2.05, 4.69) is 10.3 Å². The van der Waals surface area contributed by atoms with Gasteiger partial charge in [0.25, 0.3) is 0 Å². The number of rotatable bonds is 2. The van der Waals surface area contributed by atoms with E-state index in [9.17, 15) is 8.78 Å². The lowest BCUT2D eigenvalue weighted by Gasteiger charge is -2.04. The molecule has 106 valence electrons. The average Bonchev–Trinajstić information content (AvgIpc) is 2.84. The second kappa shape index (κ2) is 4.97. The second-order valence-electron chi connectivity index (χ2n) is 4.70. The molecule has 0 aliphatic rings. The zero-order valence-electron chi connectivity index (χ0n) is 11.2. The van der Waals surface area contributed by atoms with Crippen molar-refractivity contribution >= 4 is 5.82 Å². The van der Waals surface area contributed by atoms with Gasteiger partial charge in [0.1, 0.15) is 5.69 Å². The van der Waals surface area contributed by atoms with Gasteiger partial charge >= 0.3 is 0 Å². The fourth-order valence-electron chi connectivity index (χ4n) is 2.09. The van der Waals surface area contributed by atoms with Crippen molar-refractivity contribution in [3.8, 4) is 16.9 Å². The van der Waals surface area contributed by atoms with Gasteiger partial charge in [0.05, 0.1) is 5.69 Å². The summed E-state index contributed by atoms with van der Waals surface area (Å²) < 4.78 is 27.8. The van der Waals surface area contributed by atoms with Gasteiger partial charge in [-0.2, -0.15) is 4.68 Å². The van der Waals surface area contributed by atoms with E-state index in [0.717, 1.165) is 23.4 Å². The molecule has 0 radical (unpaired) electrons. The maximum atomic E-state index is 13.3. The molecule has 0 bridgehead atoms. The molecule has 0 fully saturated rings. The molecule has 3 aromatic rings. The summed E-state index contributed by atoms with van der Waals surface area (Å²) in [5.41, 5.74) is 8.53. The number of hydrogen-bond acceptors (Lipinski definition) is 3. The molecule has 1 aromatic heterocycles. The van der Waals surface area contributed by atoms with Crippen LogP contribution in [0.4, 0.5) is 14.6 Å². The van der Waals surface area contributed by atoms with Gasteiger partial charge in [0, 0.05) is 5.56 Å². The minimum absolute atomic E-state index is 0.270. The van der Waals surface area contributed by atoms with Crippen LogP contribution in [0.3, 0.4) is 0 Å². The number of halogens is 2. The fourth-order valence-corrected chi connectivity index (χ4v) is 2.09. The lowest BCUT2D eigenvalue weighted by atomic mass is 10.1. The van der Waals surface area contributed by atoms with Gasteiger partial charge in [-0.25, -0.2) is 8.78 Å². The topological polar surface area (TPSA) is 56.7 Å². The first-order chi connectivity index (χ1) is 10.1. The van der Waals surface area contributed by atoms with Crippen molar-refractivity contribution in [3.63, 3.8) is 0 Å².